The van der Waals surface area contributed by atoms with Crippen LogP contribution in [0, 0.1) is 5.92 Å². The number of thiazole rings is 1. The summed E-state index contributed by atoms with van der Waals surface area (Å²) in [5.41, 5.74) is 5.14. The fourth-order valence-electron chi connectivity index (χ4n) is 2.04. The number of nitrogens with zero attached hydrogens (tertiary/aromatic N) is 1. The third-order valence-electron chi connectivity index (χ3n) is 3.56. The summed E-state index contributed by atoms with van der Waals surface area (Å²) in [7, 11) is 0. The van der Waals surface area contributed by atoms with Crippen LogP contribution < -0.4 is 11.3 Å². The summed E-state index contributed by atoms with van der Waals surface area (Å²) in [4.78, 5) is 4.71. The van der Waals surface area contributed by atoms with Crippen molar-refractivity contribution < 1.29 is 0 Å². The van der Waals surface area contributed by atoms with Crippen molar-refractivity contribution >= 4 is 11.3 Å². The van der Waals surface area contributed by atoms with Gasteiger partial charge in [-0.15, -0.1) is 11.3 Å². The molecule has 19 heavy (non-hydrogen) atoms. The molecule has 0 aliphatic heterocycles. The highest BCUT2D eigenvalue weighted by atomic mass is 32.1. The number of benzene rings is 1. The molecule has 102 valence electrons. The Bertz CT molecular complexity index is 495. The Balaban J connectivity index is 2.09. The fraction of sp³-hybridized carbons (Fsp3) is 0.400. The number of rotatable bonds is 6. The van der Waals surface area contributed by atoms with Crippen LogP contribution in [0.1, 0.15) is 25.3 Å². The molecule has 1 aromatic heterocycles. The summed E-state index contributed by atoms with van der Waals surface area (Å²) < 4.78 is 0. The molecule has 4 heteroatoms. The molecule has 0 aliphatic rings. The standard InChI is InChI=1S/C15H21N3S/c1-3-11(2)13(18-16)9-15-17-14(10-19-15)12-7-5-4-6-8-12/h4-8,10-11,13,18H,3,9,16H2,1-2H3. The molecule has 0 saturated carbocycles. The SMILES string of the molecule is CCC(C)C(Cc1nc(-c2ccccc2)cs1)NN. The van der Waals surface area contributed by atoms with Crippen molar-refractivity contribution in [2.24, 2.45) is 11.8 Å². The number of hydrogen-bond acceptors (Lipinski definition) is 4. The van der Waals surface area contributed by atoms with Crippen LogP contribution in [0.4, 0.5) is 0 Å². The molecule has 0 amide bonds. The van der Waals surface area contributed by atoms with E-state index in [-0.39, 0.29) is 0 Å². The predicted molar refractivity (Wildman–Crippen MR) is 81.8 cm³/mol. The maximum Gasteiger partial charge on any atom is 0.0948 e. The van der Waals surface area contributed by atoms with Gasteiger partial charge < -0.3 is 0 Å². The second-order valence-corrected chi connectivity index (χ2v) is 5.80. The minimum Gasteiger partial charge on any atom is -0.271 e. The maximum absolute atomic E-state index is 5.64. The molecule has 1 heterocycles. The van der Waals surface area contributed by atoms with Crippen molar-refractivity contribution in [3.05, 3.63) is 40.7 Å². The molecule has 0 bridgehead atoms. The number of nitrogens with two attached hydrogens (primary N) is 1. The number of hydrogen-bond donors (Lipinski definition) is 2. The van der Waals surface area contributed by atoms with Crippen molar-refractivity contribution in [3.8, 4) is 11.3 Å². The second-order valence-electron chi connectivity index (χ2n) is 4.86. The van der Waals surface area contributed by atoms with Gasteiger partial charge in [0.25, 0.3) is 0 Å². The van der Waals surface area contributed by atoms with Gasteiger partial charge in [0.2, 0.25) is 0 Å². The van der Waals surface area contributed by atoms with Gasteiger partial charge in [0.1, 0.15) is 0 Å². The molecule has 2 atom stereocenters. The minimum absolute atomic E-state index is 0.291. The van der Waals surface area contributed by atoms with Crippen LogP contribution in [0.15, 0.2) is 35.7 Å². The van der Waals surface area contributed by atoms with E-state index in [1.165, 1.54) is 5.56 Å². The van der Waals surface area contributed by atoms with E-state index >= 15 is 0 Å². The Morgan fingerprint density at radius 3 is 2.68 bits per heavy atom. The third-order valence-corrected chi connectivity index (χ3v) is 4.43. The van der Waals surface area contributed by atoms with Gasteiger partial charge in [-0.2, -0.15) is 0 Å². The second kappa shape index (κ2) is 6.80. The molecule has 0 fully saturated rings. The van der Waals surface area contributed by atoms with E-state index in [4.69, 9.17) is 10.8 Å². The van der Waals surface area contributed by atoms with Gasteiger partial charge in [-0.25, -0.2) is 4.98 Å². The Morgan fingerprint density at radius 2 is 2.05 bits per heavy atom. The molecule has 1 aromatic carbocycles. The Hall–Kier alpha value is -1.23. The highest BCUT2D eigenvalue weighted by Gasteiger charge is 2.16. The van der Waals surface area contributed by atoms with E-state index in [2.05, 4.69) is 36.8 Å². The van der Waals surface area contributed by atoms with Crippen LogP contribution >= 0.6 is 11.3 Å². The smallest absolute Gasteiger partial charge is 0.0948 e. The van der Waals surface area contributed by atoms with E-state index < -0.39 is 0 Å². The van der Waals surface area contributed by atoms with Gasteiger partial charge in [0.05, 0.1) is 10.7 Å². The molecule has 2 rings (SSSR count). The van der Waals surface area contributed by atoms with Crippen LogP contribution in [0.5, 0.6) is 0 Å². The zero-order chi connectivity index (χ0) is 13.7. The van der Waals surface area contributed by atoms with Crippen LogP contribution in [-0.4, -0.2) is 11.0 Å². The molecule has 3 N–H and O–H groups in total. The molecule has 3 nitrogen and oxygen atoms in total. The van der Waals surface area contributed by atoms with E-state index in [9.17, 15) is 0 Å². The van der Waals surface area contributed by atoms with Gasteiger partial charge in [-0.05, 0) is 5.92 Å². The summed E-state index contributed by atoms with van der Waals surface area (Å²) in [5.74, 6) is 6.19. The summed E-state index contributed by atoms with van der Waals surface area (Å²) in [5, 5.41) is 3.26. The Labute approximate surface area is 118 Å². The number of nitrogens with one attached hydrogen (secondary N) is 1. The predicted octanol–water partition coefficient (Wildman–Crippen LogP) is 3.23. The lowest BCUT2D eigenvalue weighted by Gasteiger charge is -2.20. The zero-order valence-electron chi connectivity index (χ0n) is 11.5. The first-order chi connectivity index (χ1) is 9.24. The van der Waals surface area contributed by atoms with Gasteiger partial charge in [0, 0.05) is 23.4 Å². The van der Waals surface area contributed by atoms with Crippen molar-refractivity contribution in [2.45, 2.75) is 32.7 Å². The van der Waals surface area contributed by atoms with Crippen molar-refractivity contribution in [3.63, 3.8) is 0 Å². The van der Waals surface area contributed by atoms with Crippen LogP contribution in [-0.2, 0) is 6.42 Å². The van der Waals surface area contributed by atoms with Crippen molar-refractivity contribution in [1.82, 2.24) is 10.4 Å². The molecule has 0 spiro atoms. The highest BCUT2D eigenvalue weighted by Crippen LogP contribution is 2.23. The first-order valence-corrected chi connectivity index (χ1v) is 7.58. The largest absolute Gasteiger partial charge is 0.271 e. The monoisotopic (exact) mass is 275 g/mol. The molecule has 2 unspecified atom stereocenters. The Morgan fingerprint density at radius 1 is 1.32 bits per heavy atom. The minimum atomic E-state index is 0.291. The summed E-state index contributed by atoms with van der Waals surface area (Å²) in [6, 6.07) is 10.6. The molecular weight excluding hydrogens is 254 g/mol. The summed E-state index contributed by atoms with van der Waals surface area (Å²) in [6.07, 6.45) is 2.01. The summed E-state index contributed by atoms with van der Waals surface area (Å²) in [6.45, 7) is 4.41. The van der Waals surface area contributed by atoms with Crippen molar-refractivity contribution in [2.75, 3.05) is 0 Å². The van der Waals surface area contributed by atoms with Gasteiger partial charge in [-0.1, -0.05) is 50.6 Å². The van der Waals surface area contributed by atoms with E-state index in [0.717, 1.165) is 23.5 Å². The quantitative estimate of drug-likeness (QED) is 0.628. The lowest BCUT2D eigenvalue weighted by Crippen LogP contribution is -2.41. The van der Waals surface area contributed by atoms with E-state index in [1.54, 1.807) is 11.3 Å². The van der Waals surface area contributed by atoms with Gasteiger partial charge >= 0.3 is 0 Å². The number of hydrazine groups is 1. The first-order valence-electron chi connectivity index (χ1n) is 6.70. The lowest BCUT2D eigenvalue weighted by molar-refractivity contribution is 0.370. The van der Waals surface area contributed by atoms with E-state index in [0.29, 0.717) is 12.0 Å². The third kappa shape index (κ3) is 3.62. The molecule has 0 saturated heterocycles. The lowest BCUT2D eigenvalue weighted by atomic mass is 9.97. The molecule has 0 radical (unpaired) electrons. The van der Waals surface area contributed by atoms with E-state index in [1.807, 2.05) is 18.2 Å². The topological polar surface area (TPSA) is 50.9 Å². The molecular formula is C15H21N3S. The average molecular weight is 275 g/mol. The van der Waals surface area contributed by atoms with Crippen LogP contribution in [0.25, 0.3) is 11.3 Å². The van der Waals surface area contributed by atoms with Crippen LogP contribution in [0.3, 0.4) is 0 Å². The highest BCUT2D eigenvalue weighted by molar-refractivity contribution is 7.09. The zero-order valence-corrected chi connectivity index (χ0v) is 12.3. The maximum atomic E-state index is 5.64. The number of aromatic nitrogens is 1. The summed E-state index contributed by atoms with van der Waals surface area (Å²) >= 11 is 1.71. The molecule has 2 aromatic rings. The first kappa shape index (κ1) is 14.2. The average Bonchev–Trinajstić information content (AvgIpc) is 2.93. The van der Waals surface area contributed by atoms with Gasteiger partial charge in [-0.3, -0.25) is 11.3 Å². The normalized spacial score (nSPS) is 14.3. The Kier molecular flexibility index (Phi) is 5.07. The fourth-order valence-corrected chi connectivity index (χ4v) is 2.91. The van der Waals surface area contributed by atoms with Gasteiger partial charge in [0.15, 0.2) is 0 Å². The van der Waals surface area contributed by atoms with Crippen molar-refractivity contribution in [1.29, 1.82) is 0 Å². The molecule has 0 aliphatic carbocycles. The van der Waals surface area contributed by atoms with Crippen LogP contribution in [0.2, 0.25) is 0 Å².